The second kappa shape index (κ2) is 4.35. The Morgan fingerprint density at radius 1 is 1.37 bits per heavy atom. The van der Waals surface area contributed by atoms with Gasteiger partial charge in [0.25, 0.3) is 0 Å². The van der Waals surface area contributed by atoms with Gasteiger partial charge in [-0.25, -0.2) is 4.98 Å². The Morgan fingerprint density at radius 2 is 2.16 bits per heavy atom. The van der Waals surface area contributed by atoms with E-state index in [4.69, 9.17) is 4.42 Å². The Kier molecular flexibility index (Phi) is 2.78. The minimum Gasteiger partial charge on any atom is -0.460 e. The fourth-order valence-electron chi connectivity index (χ4n) is 2.14. The molecule has 4 nitrogen and oxygen atoms in total. The van der Waals surface area contributed by atoms with Crippen molar-refractivity contribution in [3.63, 3.8) is 0 Å². The van der Waals surface area contributed by atoms with E-state index >= 15 is 0 Å². The van der Waals surface area contributed by atoms with Crippen LogP contribution < -0.4 is 5.43 Å². The normalized spacial score (nSPS) is 11.1. The monoisotopic (exact) mass is 318 g/mol. The Morgan fingerprint density at radius 3 is 2.84 bits per heavy atom. The molecule has 0 aliphatic carbocycles. The first-order valence-corrected chi connectivity index (χ1v) is 6.58. The molecule has 0 aliphatic heterocycles. The van der Waals surface area contributed by atoms with Gasteiger partial charge in [0.2, 0.25) is 5.43 Å². The highest BCUT2D eigenvalue weighted by Crippen LogP contribution is 2.24. The maximum Gasteiger partial charge on any atom is 0.203 e. The van der Waals surface area contributed by atoms with Crippen LogP contribution in [0.1, 0.15) is 5.76 Å². The van der Waals surface area contributed by atoms with Crippen LogP contribution in [0.4, 0.5) is 0 Å². The van der Waals surface area contributed by atoms with E-state index in [2.05, 4.69) is 20.9 Å². The van der Waals surface area contributed by atoms with Crippen molar-refractivity contribution in [2.75, 3.05) is 0 Å². The lowest BCUT2D eigenvalue weighted by Crippen LogP contribution is -2.10. The molecule has 0 saturated heterocycles. The second-order valence-electron chi connectivity index (χ2n) is 4.36. The van der Waals surface area contributed by atoms with Crippen molar-refractivity contribution in [2.24, 2.45) is 7.05 Å². The molecule has 19 heavy (non-hydrogen) atoms. The van der Waals surface area contributed by atoms with Crippen molar-refractivity contribution in [2.45, 2.75) is 6.92 Å². The van der Waals surface area contributed by atoms with E-state index in [1.807, 2.05) is 17.7 Å². The largest absolute Gasteiger partial charge is 0.460 e. The molecule has 0 atom stereocenters. The maximum atomic E-state index is 12.6. The summed E-state index contributed by atoms with van der Waals surface area (Å²) in [5, 5.41) is 0.554. The lowest BCUT2D eigenvalue weighted by molar-refractivity contribution is 0.566. The first-order chi connectivity index (χ1) is 9.08. The van der Waals surface area contributed by atoms with Crippen molar-refractivity contribution in [1.29, 1.82) is 0 Å². The van der Waals surface area contributed by atoms with Gasteiger partial charge in [-0.2, -0.15) is 0 Å². The van der Waals surface area contributed by atoms with E-state index in [1.165, 1.54) is 0 Å². The van der Waals surface area contributed by atoms with Gasteiger partial charge in [0, 0.05) is 23.9 Å². The highest BCUT2D eigenvalue weighted by molar-refractivity contribution is 9.10. The van der Waals surface area contributed by atoms with E-state index < -0.39 is 0 Å². The number of hydrogen-bond donors (Lipinski definition) is 0. The average molecular weight is 319 g/mol. The molecule has 0 aliphatic rings. The van der Waals surface area contributed by atoms with Crippen molar-refractivity contribution in [3.05, 3.63) is 51.0 Å². The number of hydrogen-bond acceptors (Lipinski definition) is 3. The summed E-state index contributed by atoms with van der Waals surface area (Å²) >= 11 is 3.37. The van der Waals surface area contributed by atoms with Gasteiger partial charge in [-0.05, 0) is 25.1 Å². The zero-order chi connectivity index (χ0) is 13.6. The summed E-state index contributed by atoms with van der Waals surface area (Å²) in [5.74, 6) is 1.20. The second-order valence-corrected chi connectivity index (χ2v) is 5.28. The van der Waals surface area contributed by atoms with E-state index in [9.17, 15) is 4.79 Å². The van der Waals surface area contributed by atoms with Crippen LogP contribution in [0, 0.1) is 6.92 Å². The van der Waals surface area contributed by atoms with Crippen LogP contribution in [-0.2, 0) is 7.05 Å². The van der Waals surface area contributed by atoms with Gasteiger partial charge in [0.1, 0.15) is 22.7 Å². The summed E-state index contributed by atoms with van der Waals surface area (Å²) in [6.07, 6.45) is 3.47. The average Bonchev–Trinajstić information content (AvgIpc) is 2.77. The van der Waals surface area contributed by atoms with Crippen LogP contribution >= 0.6 is 15.9 Å². The zero-order valence-electron chi connectivity index (χ0n) is 10.5. The van der Waals surface area contributed by atoms with Gasteiger partial charge in [-0.15, -0.1) is 0 Å². The predicted molar refractivity (Wildman–Crippen MR) is 77.1 cm³/mol. The SMILES string of the molecule is Cc1oc2ccc(Br)cc2c(=O)c1-c1nccn1C. The summed E-state index contributed by atoms with van der Waals surface area (Å²) < 4.78 is 8.39. The minimum atomic E-state index is -0.0608. The molecule has 0 N–H and O–H groups in total. The molecular weight excluding hydrogens is 308 g/mol. The van der Waals surface area contributed by atoms with Crippen molar-refractivity contribution < 1.29 is 4.42 Å². The Labute approximate surface area is 117 Å². The summed E-state index contributed by atoms with van der Waals surface area (Å²) in [6.45, 7) is 1.78. The summed E-state index contributed by atoms with van der Waals surface area (Å²) in [5.41, 5.74) is 1.04. The number of fused-ring (bicyclic) bond motifs is 1. The molecule has 1 aromatic carbocycles. The number of benzene rings is 1. The van der Waals surface area contributed by atoms with Crippen molar-refractivity contribution >= 4 is 26.9 Å². The van der Waals surface area contributed by atoms with E-state index in [-0.39, 0.29) is 5.43 Å². The molecule has 0 fully saturated rings. The zero-order valence-corrected chi connectivity index (χ0v) is 12.1. The summed E-state index contributed by atoms with van der Waals surface area (Å²) in [4.78, 5) is 16.8. The molecule has 5 heteroatoms. The van der Waals surface area contributed by atoms with Gasteiger partial charge < -0.3 is 8.98 Å². The maximum absolute atomic E-state index is 12.6. The fraction of sp³-hybridized carbons (Fsp3) is 0.143. The van der Waals surface area contributed by atoms with Crippen LogP contribution in [0.2, 0.25) is 0 Å². The van der Waals surface area contributed by atoms with Crippen LogP contribution in [0.3, 0.4) is 0 Å². The molecule has 0 bridgehead atoms. The van der Waals surface area contributed by atoms with E-state index in [0.717, 1.165) is 4.47 Å². The van der Waals surface area contributed by atoms with Crippen LogP contribution in [0.25, 0.3) is 22.4 Å². The number of aromatic nitrogens is 2. The Balaban J connectivity index is 2.44. The molecule has 0 amide bonds. The Bertz CT molecular complexity index is 833. The molecule has 3 rings (SSSR count). The van der Waals surface area contributed by atoms with E-state index in [1.54, 1.807) is 31.5 Å². The lowest BCUT2D eigenvalue weighted by atomic mass is 10.1. The first kappa shape index (κ1) is 12.2. The molecule has 2 heterocycles. The van der Waals surface area contributed by atoms with E-state index in [0.29, 0.717) is 28.1 Å². The molecule has 3 aromatic rings. The smallest absolute Gasteiger partial charge is 0.203 e. The summed E-state index contributed by atoms with van der Waals surface area (Å²) in [7, 11) is 1.85. The van der Waals surface area contributed by atoms with Gasteiger partial charge >= 0.3 is 0 Å². The molecule has 0 spiro atoms. The number of halogens is 1. The summed E-state index contributed by atoms with van der Waals surface area (Å²) in [6, 6.07) is 5.41. The van der Waals surface area contributed by atoms with Gasteiger partial charge in [0.05, 0.1) is 5.39 Å². The van der Waals surface area contributed by atoms with Gasteiger partial charge in [-0.3, -0.25) is 4.79 Å². The fourth-order valence-corrected chi connectivity index (χ4v) is 2.51. The van der Waals surface area contributed by atoms with Crippen LogP contribution in [0.15, 0.2) is 44.3 Å². The van der Waals surface area contributed by atoms with Crippen LogP contribution in [0.5, 0.6) is 0 Å². The van der Waals surface area contributed by atoms with Gasteiger partial charge in [-0.1, -0.05) is 15.9 Å². The lowest BCUT2D eigenvalue weighted by Gasteiger charge is -2.07. The molecule has 96 valence electrons. The topological polar surface area (TPSA) is 48.0 Å². The molecule has 2 aromatic heterocycles. The number of rotatable bonds is 1. The third-order valence-corrected chi connectivity index (χ3v) is 3.57. The third kappa shape index (κ3) is 1.90. The third-order valence-electron chi connectivity index (χ3n) is 3.07. The molecular formula is C14H11BrN2O2. The molecule has 0 saturated carbocycles. The minimum absolute atomic E-state index is 0.0608. The molecule has 0 radical (unpaired) electrons. The quantitative estimate of drug-likeness (QED) is 0.692. The Hall–Kier alpha value is -1.88. The highest BCUT2D eigenvalue weighted by atomic mass is 79.9. The number of aryl methyl sites for hydroxylation is 2. The predicted octanol–water partition coefficient (Wildman–Crippen LogP) is 3.26. The standard InChI is InChI=1S/C14H11BrN2O2/c1-8-12(14-16-5-6-17(14)2)13(18)10-7-9(15)3-4-11(10)19-8/h3-7H,1-2H3. The molecule has 0 unspecified atom stereocenters. The van der Waals surface area contributed by atoms with Crippen molar-refractivity contribution in [3.8, 4) is 11.4 Å². The van der Waals surface area contributed by atoms with Gasteiger partial charge in [0.15, 0.2) is 0 Å². The van der Waals surface area contributed by atoms with Crippen LogP contribution in [-0.4, -0.2) is 9.55 Å². The highest BCUT2D eigenvalue weighted by Gasteiger charge is 2.16. The number of imidazole rings is 1. The first-order valence-electron chi connectivity index (χ1n) is 5.78. The van der Waals surface area contributed by atoms with Crippen molar-refractivity contribution in [1.82, 2.24) is 9.55 Å². The number of nitrogens with zero attached hydrogens (tertiary/aromatic N) is 2.